The van der Waals surface area contributed by atoms with Crippen molar-refractivity contribution in [3.8, 4) is 0 Å². The number of hydrogen-bond acceptors (Lipinski definition) is 5. The fourth-order valence-electron chi connectivity index (χ4n) is 4.25. The number of H-pyrrole nitrogens is 1. The molecule has 0 radical (unpaired) electrons. The van der Waals surface area contributed by atoms with E-state index in [1.807, 2.05) is 23.1 Å². The maximum absolute atomic E-state index is 12.1. The lowest BCUT2D eigenvalue weighted by molar-refractivity contribution is -0.144. The number of benzene rings is 1. The van der Waals surface area contributed by atoms with Gasteiger partial charge in [0, 0.05) is 59.4 Å². The zero-order chi connectivity index (χ0) is 19.2. The minimum Gasteiger partial charge on any atom is -0.480 e. The fraction of sp³-hybridized carbons (Fsp3) is 0.500. The van der Waals surface area contributed by atoms with E-state index in [1.54, 1.807) is 6.20 Å². The number of nitrogens with one attached hydrogen (secondary N) is 1. The molecule has 7 nitrogen and oxygen atoms in total. The number of nitrogens with zero attached hydrogens (tertiary/aromatic N) is 2. The first-order valence-corrected chi connectivity index (χ1v) is 11.6. The van der Waals surface area contributed by atoms with Crippen molar-refractivity contribution >= 4 is 42.6 Å². The van der Waals surface area contributed by atoms with Crippen LogP contribution < -0.4 is 0 Å². The lowest BCUT2D eigenvalue weighted by Crippen LogP contribution is -2.52. The third-order valence-corrected chi connectivity index (χ3v) is 7.89. The summed E-state index contributed by atoms with van der Waals surface area (Å²) < 4.78 is 24.4. The van der Waals surface area contributed by atoms with E-state index < -0.39 is 21.8 Å². The highest BCUT2D eigenvalue weighted by atomic mass is 79.9. The predicted molar refractivity (Wildman–Crippen MR) is 107 cm³/mol. The van der Waals surface area contributed by atoms with Gasteiger partial charge in [-0.25, -0.2) is 8.42 Å². The Morgan fingerprint density at radius 2 is 2.00 bits per heavy atom. The Bertz CT molecular complexity index is 966. The zero-order valence-corrected chi connectivity index (χ0v) is 17.2. The summed E-state index contributed by atoms with van der Waals surface area (Å²) >= 11 is 3.46. The van der Waals surface area contributed by atoms with E-state index in [1.165, 1.54) is 0 Å². The average molecular weight is 456 g/mol. The molecule has 2 aliphatic rings. The Balaban J connectivity index is 1.52. The molecule has 1 aromatic carbocycles. The van der Waals surface area contributed by atoms with Crippen LogP contribution >= 0.6 is 15.9 Å². The van der Waals surface area contributed by atoms with Crippen molar-refractivity contribution in [2.24, 2.45) is 0 Å². The summed E-state index contributed by atoms with van der Waals surface area (Å²) in [5, 5.41) is 10.8. The molecule has 3 heterocycles. The molecule has 2 N–H and O–H groups in total. The molecule has 0 spiro atoms. The van der Waals surface area contributed by atoms with Crippen LogP contribution in [0.2, 0.25) is 0 Å². The first-order valence-electron chi connectivity index (χ1n) is 9.02. The molecule has 0 amide bonds. The number of sulfone groups is 1. The first kappa shape index (κ1) is 18.9. The highest BCUT2D eigenvalue weighted by molar-refractivity contribution is 9.10. The van der Waals surface area contributed by atoms with Crippen molar-refractivity contribution in [1.82, 2.24) is 14.8 Å². The molecule has 2 fully saturated rings. The van der Waals surface area contributed by atoms with Crippen LogP contribution in [0.1, 0.15) is 18.0 Å². The van der Waals surface area contributed by atoms with Gasteiger partial charge in [-0.2, -0.15) is 0 Å². The van der Waals surface area contributed by atoms with Crippen LogP contribution in [0.4, 0.5) is 0 Å². The van der Waals surface area contributed by atoms with Crippen molar-refractivity contribution in [2.45, 2.75) is 18.5 Å². The molecule has 0 aliphatic carbocycles. The number of piperazine rings is 1. The monoisotopic (exact) mass is 455 g/mol. The summed E-state index contributed by atoms with van der Waals surface area (Å²) in [4.78, 5) is 19.4. The molecule has 9 heteroatoms. The third kappa shape index (κ3) is 3.78. The van der Waals surface area contributed by atoms with Gasteiger partial charge in [0.1, 0.15) is 6.04 Å². The topological polar surface area (TPSA) is 93.7 Å². The Morgan fingerprint density at radius 3 is 2.63 bits per heavy atom. The van der Waals surface area contributed by atoms with Gasteiger partial charge in [0.2, 0.25) is 0 Å². The molecule has 27 heavy (non-hydrogen) atoms. The number of rotatable bonds is 4. The maximum atomic E-state index is 12.1. The molecule has 0 saturated carbocycles. The van der Waals surface area contributed by atoms with Crippen molar-refractivity contribution in [3.05, 3.63) is 34.4 Å². The van der Waals surface area contributed by atoms with Gasteiger partial charge in [0.05, 0.1) is 11.5 Å². The quantitative estimate of drug-likeness (QED) is 0.730. The van der Waals surface area contributed by atoms with Gasteiger partial charge in [-0.05, 0) is 24.6 Å². The third-order valence-electron chi connectivity index (χ3n) is 5.64. The first-order chi connectivity index (χ1) is 12.8. The van der Waals surface area contributed by atoms with Crippen LogP contribution in [-0.2, 0) is 14.6 Å². The number of aromatic nitrogens is 1. The summed E-state index contributed by atoms with van der Waals surface area (Å²) in [7, 11) is -2.91. The van der Waals surface area contributed by atoms with Crippen molar-refractivity contribution in [3.63, 3.8) is 0 Å². The molecule has 0 unspecified atom stereocenters. The van der Waals surface area contributed by atoms with Crippen LogP contribution in [0.25, 0.3) is 10.9 Å². The number of aliphatic carboxylic acids is 1. The number of carboxylic acids is 1. The van der Waals surface area contributed by atoms with Gasteiger partial charge < -0.3 is 10.1 Å². The van der Waals surface area contributed by atoms with Crippen LogP contribution in [-0.4, -0.2) is 78.0 Å². The second-order valence-electron chi connectivity index (χ2n) is 7.30. The smallest absolute Gasteiger partial charge is 0.325 e. The minimum absolute atomic E-state index is 0.0736. The van der Waals surface area contributed by atoms with Gasteiger partial charge >= 0.3 is 5.97 Å². The SMILES string of the molecule is O=C(O)[C@H](c1c[nH]c2ccc(Br)cc12)N1CCN([C@H]2CCS(=O)(=O)C2)CC1. The fourth-order valence-corrected chi connectivity index (χ4v) is 6.37. The van der Waals surface area contributed by atoms with Gasteiger partial charge in [-0.15, -0.1) is 0 Å². The Morgan fingerprint density at radius 1 is 1.26 bits per heavy atom. The highest BCUT2D eigenvalue weighted by Gasteiger charge is 2.37. The zero-order valence-electron chi connectivity index (χ0n) is 14.8. The lowest BCUT2D eigenvalue weighted by atomic mass is 10.0. The van der Waals surface area contributed by atoms with Crippen LogP contribution in [0.5, 0.6) is 0 Å². The molecule has 2 atom stereocenters. The number of fused-ring (bicyclic) bond motifs is 1. The molecular weight excluding hydrogens is 434 g/mol. The molecule has 4 rings (SSSR count). The summed E-state index contributed by atoms with van der Waals surface area (Å²) in [6.45, 7) is 2.59. The molecular formula is C18H22BrN3O4S. The van der Waals surface area contributed by atoms with E-state index in [9.17, 15) is 18.3 Å². The van der Waals surface area contributed by atoms with E-state index in [0.29, 0.717) is 32.6 Å². The molecule has 0 bridgehead atoms. The van der Waals surface area contributed by atoms with Crippen LogP contribution in [0.3, 0.4) is 0 Å². The van der Waals surface area contributed by atoms with Crippen molar-refractivity contribution < 1.29 is 18.3 Å². The van der Waals surface area contributed by atoms with E-state index in [-0.39, 0.29) is 17.5 Å². The molecule has 2 saturated heterocycles. The number of hydrogen-bond donors (Lipinski definition) is 2. The summed E-state index contributed by atoms with van der Waals surface area (Å²) in [5.41, 5.74) is 1.67. The van der Waals surface area contributed by atoms with Crippen molar-refractivity contribution in [2.75, 3.05) is 37.7 Å². The standard InChI is InChI=1S/C18H22BrN3O4S/c19-12-1-2-16-14(9-12)15(10-20-16)17(18(23)24)22-6-4-21(5-7-22)13-3-8-27(25,26)11-13/h1-2,9-10,13,17,20H,3-8,11H2,(H,23,24)/t13-,17-/m0/s1. The number of carboxylic acid groups (broad SMARTS) is 1. The van der Waals surface area contributed by atoms with E-state index in [0.717, 1.165) is 20.9 Å². The second kappa shape index (κ2) is 7.20. The van der Waals surface area contributed by atoms with Gasteiger partial charge in [-0.3, -0.25) is 14.6 Å². The second-order valence-corrected chi connectivity index (χ2v) is 10.4. The van der Waals surface area contributed by atoms with Crippen LogP contribution in [0, 0.1) is 0 Å². The average Bonchev–Trinajstić information content (AvgIpc) is 3.19. The maximum Gasteiger partial charge on any atom is 0.325 e. The number of aromatic amines is 1. The Kier molecular flexibility index (Phi) is 5.04. The van der Waals surface area contributed by atoms with Gasteiger partial charge in [-0.1, -0.05) is 15.9 Å². The predicted octanol–water partition coefficient (Wildman–Crippen LogP) is 1.86. The Hall–Kier alpha value is -1.42. The Labute approximate surface area is 166 Å². The molecule has 1 aromatic heterocycles. The molecule has 2 aromatic rings. The van der Waals surface area contributed by atoms with Crippen molar-refractivity contribution in [1.29, 1.82) is 0 Å². The number of carbonyl (C=O) groups is 1. The summed E-state index contributed by atoms with van der Waals surface area (Å²) in [6.07, 6.45) is 2.47. The largest absolute Gasteiger partial charge is 0.480 e. The summed E-state index contributed by atoms with van der Waals surface area (Å²) in [6, 6.07) is 5.15. The normalized spacial score (nSPS) is 25.0. The lowest BCUT2D eigenvalue weighted by Gasteiger charge is -2.40. The minimum atomic E-state index is -2.91. The molecule has 146 valence electrons. The summed E-state index contributed by atoms with van der Waals surface area (Å²) in [5.74, 6) is -0.376. The van der Waals surface area contributed by atoms with E-state index in [2.05, 4.69) is 25.8 Å². The van der Waals surface area contributed by atoms with Gasteiger partial charge in [0.25, 0.3) is 0 Å². The van der Waals surface area contributed by atoms with Gasteiger partial charge in [0.15, 0.2) is 9.84 Å². The number of halogens is 1. The van der Waals surface area contributed by atoms with E-state index >= 15 is 0 Å². The highest BCUT2D eigenvalue weighted by Crippen LogP contribution is 2.32. The van der Waals surface area contributed by atoms with E-state index in [4.69, 9.17) is 0 Å². The molecule has 2 aliphatic heterocycles. The van der Waals surface area contributed by atoms with Crippen LogP contribution in [0.15, 0.2) is 28.9 Å².